The number of nitrogens with zero attached hydrogens (tertiary/aromatic N) is 2. The zero-order valence-corrected chi connectivity index (χ0v) is 17.9. The fourth-order valence-corrected chi connectivity index (χ4v) is 3.84. The van der Waals surface area contributed by atoms with Gasteiger partial charge in [0.25, 0.3) is 5.91 Å². The largest absolute Gasteiger partial charge is 0.402 e. The number of carbonyl (C=O) groups excluding carboxylic acids is 2. The van der Waals surface area contributed by atoms with E-state index in [0.717, 1.165) is 16.0 Å². The average Bonchev–Trinajstić information content (AvgIpc) is 3.02. The third-order valence-corrected chi connectivity index (χ3v) is 5.76. The molecule has 2 rings (SSSR count). The number of nitrogens with two attached hydrogens (primary N) is 1. The van der Waals surface area contributed by atoms with Crippen LogP contribution in [0.5, 0.6) is 0 Å². The van der Waals surface area contributed by atoms with Crippen molar-refractivity contribution in [2.45, 2.75) is 54.5 Å². The monoisotopic (exact) mass is 387 g/mol. The lowest BCUT2D eigenvalue weighted by molar-refractivity contribution is -0.127. The van der Waals surface area contributed by atoms with E-state index < -0.39 is 0 Å². The molecule has 1 aromatic rings. The average molecular weight is 388 g/mol. The van der Waals surface area contributed by atoms with Gasteiger partial charge in [0.1, 0.15) is 0 Å². The van der Waals surface area contributed by atoms with Crippen molar-refractivity contribution in [3.63, 3.8) is 0 Å². The molecule has 0 fully saturated rings. The molecular weight excluding hydrogens is 358 g/mol. The maximum Gasteiger partial charge on any atom is 0.278 e. The van der Waals surface area contributed by atoms with Crippen molar-refractivity contribution in [3.05, 3.63) is 44.8 Å². The molecule has 0 radical (unpaired) electrons. The van der Waals surface area contributed by atoms with Crippen molar-refractivity contribution in [2.75, 3.05) is 6.54 Å². The minimum atomic E-state index is -0.243. The van der Waals surface area contributed by atoms with Crippen LogP contribution in [0, 0.1) is 5.41 Å². The Kier molecular flexibility index (Phi) is 6.42. The van der Waals surface area contributed by atoms with Gasteiger partial charge in [-0.05, 0) is 38.8 Å². The summed E-state index contributed by atoms with van der Waals surface area (Å²) in [6.07, 6.45) is 4.27. The Morgan fingerprint density at radius 2 is 1.96 bits per heavy atom. The first kappa shape index (κ1) is 21.1. The van der Waals surface area contributed by atoms with E-state index in [0.29, 0.717) is 36.5 Å². The molecular formula is C21H29N3O2S. The molecule has 1 aromatic heterocycles. The van der Waals surface area contributed by atoms with Crippen LogP contribution in [-0.2, 0) is 17.8 Å². The number of hydrogen-bond acceptors (Lipinski definition) is 4. The van der Waals surface area contributed by atoms with E-state index in [1.807, 2.05) is 51.0 Å². The van der Waals surface area contributed by atoms with Crippen LogP contribution in [0.3, 0.4) is 0 Å². The highest BCUT2D eigenvalue weighted by Crippen LogP contribution is 2.30. The lowest BCUT2D eigenvalue weighted by atomic mass is 9.92. The van der Waals surface area contributed by atoms with Gasteiger partial charge in [0.05, 0.1) is 12.1 Å². The molecule has 2 heterocycles. The highest BCUT2D eigenvalue weighted by atomic mass is 32.1. The molecule has 27 heavy (non-hydrogen) atoms. The molecule has 0 saturated carbocycles. The third kappa shape index (κ3) is 4.95. The van der Waals surface area contributed by atoms with Crippen LogP contribution in [-0.4, -0.2) is 29.0 Å². The minimum absolute atomic E-state index is 0.0566. The van der Waals surface area contributed by atoms with Gasteiger partial charge in [-0.1, -0.05) is 26.8 Å². The molecule has 0 saturated heterocycles. The van der Waals surface area contributed by atoms with Gasteiger partial charge in [0, 0.05) is 39.2 Å². The summed E-state index contributed by atoms with van der Waals surface area (Å²) in [5.41, 5.74) is 9.61. The number of carbonyl (C=O) groups is 2. The van der Waals surface area contributed by atoms with Crippen molar-refractivity contribution < 1.29 is 9.59 Å². The Labute approximate surface area is 165 Å². The molecule has 5 nitrogen and oxygen atoms in total. The predicted molar refractivity (Wildman–Crippen MR) is 112 cm³/mol. The zero-order chi connectivity index (χ0) is 20.4. The van der Waals surface area contributed by atoms with Crippen molar-refractivity contribution in [3.8, 4) is 0 Å². The maximum absolute atomic E-state index is 12.6. The Hall–Kier alpha value is -2.21. The fourth-order valence-electron chi connectivity index (χ4n) is 2.75. The third-order valence-electron chi connectivity index (χ3n) is 4.74. The van der Waals surface area contributed by atoms with E-state index in [4.69, 9.17) is 5.73 Å². The summed E-state index contributed by atoms with van der Waals surface area (Å²) in [6, 6.07) is 0. The summed E-state index contributed by atoms with van der Waals surface area (Å²) >= 11 is 1.52. The van der Waals surface area contributed by atoms with E-state index >= 15 is 0 Å². The topological polar surface area (TPSA) is 75.8 Å². The van der Waals surface area contributed by atoms with Crippen molar-refractivity contribution in [2.24, 2.45) is 16.1 Å². The summed E-state index contributed by atoms with van der Waals surface area (Å²) < 4.78 is 0. The van der Waals surface area contributed by atoms with Gasteiger partial charge < -0.3 is 10.6 Å². The number of thiophene rings is 1. The number of amides is 2. The van der Waals surface area contributed by atoms with Gasteiger partial charge in [-0.2, -0.15) is 0 Å². The number of fused-ring (bicyclic) bond motifs is 1. The second kappa shape index (κ2) is 8.21. The highest BCUT2D eigenvalue weighted by Gasteiger charge is 2.26. The first-order valence-electron chi connectivity index (χ1n) is 9.13. The SMILES string of the molecule is C/C=C(\C)C(=O)N1CCc2c(C(=O)N=C(C)/C=C(\N)C(C)(C)C)csc2C1. The van der Waals surface area contributed by atoms with Crippen molar-refractivity contribution >= 4 is 28.9 Å². The van der Waals surface area contributed by atoms with E-state index in [9.17, 15) is 9.59 Å². The number of aliphatic imine (C=N–C) groups is 1. The second-order valence-electron chi connectivity index (χ2n) is 7.91. The van der Waals surface area contributed by atoms with Crippen LogP contribution in [0.2, 0.25) is 0 Å². The number of rotatable bonds is 3. The molecule has 2 amide bonds. The van der Waals surface area contributed by atoms with E-state index in [1.165, 1.54) is 11.3 Å². The van der Waals surface area contributed by atoms with Gasteiger partial charge in [-0.25, -0.2) is 4.99 Å². The Balaban J connectivity index is 2.20. The smallest absolute Gasteiger partial charge is 0.278 e. The van der Waals surface area contributed by atoms with Gasteiger partial charge in [-0.15, -0.1) is 11.3 Å². The Bertz CT molecular complexity index is 838. The molecule has 0 bridgehead atoms. The van der Waals surface area contributed by atoms with Crippen LogP contribution in [0.1, 0.15) is 62.3 Å². The maximum atomic E-state index is 12.6. The minimum Gasteiger partial charge on any atom is -0.402 e. The van der Waals surface area contributed by atoms with Crippen LogP contribution >= 0.6 is 11.3 Å². The Morgan fingerprint density at radius 3 is 2.56 bits per heavy atom. The Morgan fingerprint density at radius 1 is 1.30 bits per heavy atom. The van der Waals surface area contributed by atoms with Crippen LogP contribution in [0.15, 0.2) is 33.8 Å². The second-order valence-corrected chi connectivity index (χ2v) is 8.87. The van der Waals surface area contributed by atoms with Gasteiger partial charge in [0.15, 0.2) is 0 Å². The van der Waals surface area contributed by atoms with E-state index in [2.05, 4.69) is 4.99 Å². The van der Waals surface area contributed by atoms with Gasteiger partial charge in [0.2, 0.25) is 5.91 Å². The van der Waals surface area contributed by atoms with Crippen molar-refractivity contribution in [1.29, 1.82) is 0 Å². The van der Waals surface area contributed by atoms with E-state index in [1.54, 1.807) is 13.0 Å². The molecule has 0 spiro atoms. The molecule has 1 aliphatic rings. The highest BCUT2D eigenvalue weighted by molar-refractivity contribution is 7.10. The normalized spacial score (nSPS) is 16.4. The van der Waals surface area contributed by atoms with Crippen LogP contribution < -0.4 is 5.73 Å². The lowest BCUT2D eigenvalue weighted by Crippen LogP contribution is -2.36. The van der Waals surface area contributed by atoms with Gasteiger partial charge in [-0.3, -0.25) is 9.59 Å². The van der Waals surface area contributed by atoms with Gasteiger partial charge >= 0.3 is 0 Å². The molecule has 0 aromatic carbocycles. The van der Waals surface area contributed by atoms with E-state index in [-0.39, 0.29) is 17.2 Å². The number of allylic oxidation sites excluding steroid dienone is 3. The predicted octanol–water partition coefficient (Wildman–Crippen LogP) is 4.09. The summed E-state index contributed by atoms with van der Waals surface area (Å²) in [7, 11) is 0. The summed E-state index contributed by atoms with van der Waals surface area (Å²) in [4.78, 5) is 32.1. The molecule has 0 aliphatic carbocycles. The molecule has 146 valence electrons. The first-order valence-corrected chi connectivity index (χ1v) is 10.0. The summed E-state index contributed by atoms with van der Waals surface area (Å²) in [5, 5.41) is 1.86. The molecule has 2 N–H and O–H groups in total. The van der Waals surface area contributed by atoms with Crippen LogP contribution in [0.25, 0.3) is 0 Å². The number of hydrogen-bond donors (Lipinski definition) is 1. The molecule has 6 heteroatoms. The first-order chi connectivity index (χ1) is 12.5. The fraction of sp³-hybridized carbons (Fsp3) is 0.476. The van der Waals surface area contributed by atoms with Crippen LogP contribution in [0.4, 0.5) is 0 Å². The summed E-state index contributed by atoms with van der Waals surface area (Å²) in [6.45, 7) is 12.7. The molecule has 1 aliphatic heterocycles. The standard InChI is InChI=1S/C21H29N3O2S/c1-7-13(2)20(26)24-9-8-15-16(12-27-17(15)11-24)19(25)23-14(3)10-18(22)21(4,5)6/h7,10,12H,8-9,11,22H2,1-6H3/b13-7+,18-10-,23-14?. The zero-order valence-electron chi connectivity index (χ0n) is 17.0. The quantitative estimate of drug-likeness (QED) is 0.627. The molecule has 0 unspecified atom stereocenters. The summed E-state index contributed by atoms with van der Waals surface area (Å²) in [5.74, 6) is -0.187. The molecule has 0 atom stereocenters. The van der Waals surface area contributed by atoms with Crippen molar-refractivity contribution in [1.82, 2.24) is 4.90 Å². The lowest BCUT2D eigenvalue weighted by Gasteiger charge is -2.27.